The Kier molecular flexibility index (Phi) is 4.93. The fourth-order valence-corrected chi connectivity index (χ4v) is 4.80. The molecule has 1 spiro atoms. The average molecular weight is 441 g/mol. The third-order valence-electron chi connectivity index (χ3n) is 6.59. The molecular weight excluding hydrogens is 416 g/mol. The second kappa shape index (κ2) is 7.55. The zero-order chi connectivity index (χ0) is 22.5. The molecule has 1 saturated carbocycles. The van der Waals surface area contributed by atoms with Gasteiger partial charge in [-0.15, -0.1) is 0 Å². The van der Waals surface area contributed by atoms with Gasteiger partial charge in [0.15, 0.2) is 0 Å². The molecule has 1 aliphatic carbocycles. The Labute approximate surface area is 184 Å². The van der Waals surface area contributed by atoms with Gasteiger partial charge in [-0.2, -0.15) is 0 Å². The molecular formula is C24H25F2N3O3. The van der Waals surface area contributed by atoms with Gasteiger partial charge in [0.05, 0.1) is 30.2 Å². The summed E-state index contributed by atoms with van der Waals surface area (Å²) in [4.78, 5) is 18.4. The lowest BCUT2D eigenvalue weighted by Crippen LogP contribution is -2.42. The standard InChI is InChI=1S/C24H25F2N3O3/c1-16-27-19-4-2-3-5-20(19)29(16)18-8-6-17(7-9-18)21(30)14-28-15-23(32-22(28)31)10-12-24(25,26)13-11-23/h2-9,21,30H,10-15H2,1H3. The Morgan fingerprint density at radius 2 is 1.78 bits per heavy atom. The number of hydrogen-bond donors (Lipinski definition) is 1. The second-order valence-electron chi connectivity index (χ2n) is 8.88. The molecule has 0 radical (unpaired) electrons. The summed E-state index contributed by atoms with van der Waals surface area (Å²) in [6.45, 7) is 2.24. The minimum atomic E-state index is -2.69. The van der Waals surface area contributed by atoms with Crippen LogP contribution in [0.4, 0.5) is 13.6 Å². The lowest BCUT2D eigenvalue weighted by Gasteiger charge is -2.34. The van der Waals surface area contributed by atoms with E-state index in [2.05, 4.69) is 4.98 Å². The van der Waals surface area contributed by atoms with Crippen molar-refractivity contribution >= 4 is 17.1 Å². The maximum Gasteiger partial charge on any atom is 0.410 e. The minimum absolute atomic E-state index is 0.0589. The van der Waals surface area contributed by atoms with E-state index in [4.69, 9.17) is 4.74 Å². The van der Waals surface area contributed by atoms with Gasteiger partial charge in [0, 0.05) is 18.5 Å². The molecule has 5 rings (SSSR count). The van der Waals surface area contributed by atoms with Crippen LogP contribution in [-0.2, 0) is 4.74 Å². The van der Waals surface area contributed by atoms with Gasteiger partial charge in [-0.1, -0.05) is 24.3 Å². The molecule has 8 heteroatoms. The predicted molar refractivity (Wildman–Crippen MR) is 115 cm³/mol. The molecule has 1 aliphatic heterocycles. The summed E-state index contributed by atoms with van der Waals surface area (Å²) < 4.78 is 34.6. The van der Waals surface area contributed by atoms with E-state index >= 15 is 0 Å². The van der Waals surface area contributed by atoms with Crippen LogP contribution in [-0.4, -0.2) is 50.3 Å². The molecule has 2 aliphatic rings. The van der Waals surface area contributed by atoms with Gasteiger partial charge in [0.1, 0.15) is 11.4 Å². The Balaban J connectivity index is 1.29. The summed E-state index contributed by atoms with van der Waals surface area (Å²) in [5.74, 6) is -1.83. The number of β-amino-alcohol motifs (C(OH)–C–C–N with tert-alkyl or cyclic N) is 1. The number of carbonyl (C=O) groups is 1. The smallest absolute Gasteiger partial charge is 0.410 e. The summed E-state index contributed by atoms with van der Waals surface area (Å²) in [5.41, 5.74) is 2.65. The van der Waals surface area contributed by atoms with E-state index in [9.17, 15) is 18.7 Å². The van der Waals surface area contributed by atoms with Gasteiger partial charge in [-0.05, 0) is 49.6 Å². The number of imidazole rings is 1. The summed E-state index contributed by atoms with van der Waals surface area (Å²) in [6, 6.07) is 15.4. The molecule has 2 aromatic carbocycles. The minimum Gasteiger partial charge on any atom is -0.441 e. The van der Waals surface area contributed by atoms with Gasteiger partial charge in [-0.3, -0.25) is 4.57 Å². The fourth-order valence-electron chi connectivity index (χ4n) is 4.80. The van der Waals surface area contributed by atoms with Crippen LogP contribution in [0.5, 0.6) is 0 Å². The van der Waals surface area contributed by atoms with E-state index in [-0.39, 0.29) is 38.8 Å². The van der Waals surface area contributed by atoms with Crippen molar-refractivity contribution in [3.8, 4) is 5.69 Å². The van der Waals surface area contributed by atoms with Gasteiger partial charge in [0.25, 0.3) is 0 Å². The molecule has 1 unspecified atom stereocenters. The van der Waals surface area contributed by atoms with Crippen molar-refractivity contribution in [1.82, 2.24) is 14.5 Å². The Morgan fingerprint density at radius 3 is 2.50 bits per heavy atom. The molecule has 168 valence electrons. The van der Waals surface area contributed by atoms with Gasteiger partial charge in [0.2, 0.25) is 5.92 Å². The highest BCUT2D eigenvalue weighted by molar-refractivity contribution is 5.78. The van der Waals surface area contributed by atoms with Crippen LogP contribution in [0.3, 0.4) is 0 Å². The number of aliphatic hydroxyl groups is 1. The Bertz CT molecular complexity index is 1150. The first kappa shape index (κ1) is 20.9. The number of halogens is 2. The number of aliphatic hydroxyl groups excluding tert-OH is 1. The topological polar surface area (TPSA) is 67.6 Å². The highest BCUT2D eigenvalue weighted by Gasteiger charge is 2.51. The van der Waals surface area contributed by atoms with Crippen molar-refractivity contribution in [2.75, 3.05) is 13.1 Å². The Hall–Kier alpha value is -3.00. The highest BCUT2D eigenvalue weighted by Crippen LogP contribution is 2.43. The van der Waals surface area contributed by atoms with Crippen molar-refractivity contribution < 1.29 is 23.4 Å². The molecule has 1 N–H and O–H groups in total. The van der Waals surface area contributed by atoms with Crippen LogP contribution in [0, 0.1) is 6.92 Å². The maximum atomic E-state index is 13.5. The third-order valence-corrected chi connectivity index (χ3v) is 6.59. The number of ether oxygens (including phenoxy) is 1. The monoisotopic (exact) mass is 441 g/mol. The number of carbonyl (C=O) groups excluding carboxylic acids is 1. The van der Waals surface area contributed by atoms with Crippen LogP contribution in [0.1, 0.15) is 43.2 Å². The number of benzene rings is 2. The number of hydrogen-bond acceptors (Lipinski definition) is 4. The van der Waals surface area contributed by atoms with Gasteiger partial charge >= 0.3 is 6.09 Å². The molecule has 0 bridgehead atoms. The Morgan fingerprint density at radius 1 is 1.09 bits per heavy atom. The lowest BCUT2D eigenvalue weighted by atomic mass is 9.82. The van der Waals surface area contributed by atoms with Crippen LogP contribution in [0.2, 0.25) is 0 Å². The largest absolute Gasteiger partial charge is 0.441 e. The first-order valence-corrected chi connectivity index (χ1v) is 10.8. The molecule has 2 fully saturated rings. The maximum absolute atomic E-state index is 13.5. The fraction of sp³-hybridized carbons (Fsp3) is 0.417. The molecule has 1 saturated heterocycles. The average Bonchev–Trinajstić information content (AvgIpc) is 3.26. The van der Waals surface area contributed by atoms with Crippen LogP contribution < -0.4 is 0 Å². The zero-order valence-corrected chi connectivity index (χ0v) is 17.8. The van der Waals surface area contributed by atoms with Gasteiger partial charge in [-0.25, -0.2) is 18.6 Å². The van der Waals surface area contributed by atoms with E-state index in [0.29, 0.717) is 5.56 Å². The first-order valence-electron chi connectivity index (χ1n) is 10.8. The van der Waals surface area contributed by atoms with E-state index < -0.39 is 23.7 Å². The normalized spacial score (nSPS) is 20.6. The van der Waals surface area contributed by atoms with Crippen molar-refractivity contribution in [3.63, 3.8) is 0 Å². The number of aryl methyl sites for hydroxylation is 1. The molecule has 1 amide bonds. The highest BCUT2D eigenvalue weighted by atomic mass is 19.3. The summed E-state index contributed by atoms with van der Waals surface area (Å²) in [7, 11) is 0. The summed E-state index contributed by atoms with van der Waals surface area (Å²) in [5, 5.41) is 10.7. The van der Waals surface area contributed by atoms with E-state index in [0.717, 1.165) is 22.5 Å². The number of amides is 1. The molecule has 32 heavy (non-hydrogen) atoms. The van der Waals surface area contributed by atoms with Crippen molar-refractivity contribution in [2.45, 2.75) is 50.2 Å². The van der Waals surface area contributed by atoms with Crippen LogP contribution in [0.15, 0.2) is 48.5 Å². The van der Waals surface area contributed by atoms with E-state index in [1.807, 2.05) is 60.0 Å². The summed E-state index contributed by atoms with van der Waals surface area (Å²) >= 11 is 0. The van der Waals surface area contributed by atoms with Crippen LogP contribution >= 0.6 is 0 Å². The second-order valence-corrected chi connectivity index (χ2v) is 8.88. The van der Waals surface area contributed by atoms with Crippen molar-refractivity contribution in [1.29, 1.82) is 0 Å². The molecule has 2 heterocycles. The molecule has 1 aromatic heterocycles. The predicted octanol–water partition coefficient (Wildman–Crippen LogP) is 4.77. The third kappa shape index (κ3) is 3.72. The molecule has 1 atom stereocenters. The number of para-hydroxylation sites is 2. The summed E-state index contributed by atoms with van der Waals surface area (Å²) in [6.07, 6.45) is -1.72. The number of aromatic nitrogens is 2. The number of rotatable bonds is 4. The zero-order valence-electron chi connectivity index (χ0n) is 17.8. The number of fused-ring (bicyclic) bond motifs is 1. The van der Waals surface area contributed by atoms with Crippen LogP contribution in [0.25, 0.3) is 16.7 Å². The van der Waals surface area contributed by atoms with Crippen molar-refractivity contribution in [2.24, 2.45) is 0 Å². The van der Waals surface area contributed by atoms with E-state index in [1.54, 1.807) is 0 Å². The number of nitrogens with zero attached hydrogens (tertiary/aromatic N) is 3. The van der Waals surface area contributed by atoms with Crippen molar-refractivity contribution in [3.05, 3.63) is 59.9 Å². The lowest BCUT2D eigenvalue weighted by molar-refractivity contribution is -0.0911. The molecule has 6 nitrogen and oxygen atoms in total. The first-order chi connectivity index (χ1) is 15.3. The van der Waals surface area contributed by atoms with E-state index in [1.165, 1.54) is 4.90 Å². The molecule has 3 aromatic rings. The quantitative estimate of drug-likeness (QED) is 0.634. The SMILES string of the molecule is Cc1nc2ccccc2n1-c1ccc(C(O)CN2CC3(CCC(F)(F)CC3)OC2=O)cc1. The number of alkyl halides is 2. The van der Waals surface area contributed by atoms with Gasteiger partial charge < -0.3 is 14.7 Å².